The number of rotatable bonds is 6. The summed E-state index contributed by atoms with van der Waals surface area (Å²) < 4.78 is 21.5. The molecule has 31 heavy (non-hydrogen) atoms. The number of hydrogen-bond acceptors (Lipinski definition) is 7. The second-order valence-corrected chi connectivity index (χ2v) is 7.14. The molecule has 0 saturated heterocycles. The van der Waals surface area contributed by atoms with E-state index in [1.807, 2.05) is 6.92 Å². The highest BCUT2D eigenvalue weighted by atomic mass is 16.5. The molecule has 0 aromatic heterocycles. The number of aryl methyl sites for hydroxylation is 1. The van der Waals surface area contributed by atoms with Crippen LogP contribution in [0.5, 0.6) is 17.2 Å². The molecular weight excluding hydrogens is 400 g/mol. The third-order valence-corrected chi connectivity index (χ3v) is 5.52. The highest BCUT2D eigenvalue weighted by Gasteiger charge is 2.45. The van der Waals surface area contributed by atoms with E-state index >= 15 is 0 Å². The average Bonchev–Trinajstić information content (AvgIpc) is 2.78. The number of Topliss-reactive ketones (excluding diaryl/α,β-unsaturated/α-hetero) is 1. The molecule has 0 heterocycles. The molecule has 1 aliphatic rings. The smallest absolute Gasteiger partial charge is 0.314 e. The van der Waals surface area contributed by atoms with E-state index in [1.54, 1.807) is 44.4 Å². The number of ketones is 1. The second-order valence-electron chi connectivity index (χ2n) is 7.14. The molecule has 0 amide bonds. The number of benzene rings is 2. The van der Waals surface area contributed by atoms with Crippen molar-refractivity contribution in [1.82, 2.24) is 0 Å². The van der Waals surface area contributed by atoms with Gasteiger partial charge in [-0.25, -0.2) is 0 Å². The number of hydrogen-bond donors (Lipinski definition) is 1. The van der Waals surface area contributed by atoms with Gasteiger partial charge in [-0.2, -0.15) is 0 Å². The van der Waals surface area contributed by atoms with Crippen molar-refractivity contribution in [2.45, 2.75) is 19.8 Å². The number of carbonyl (C=O) groups excluding carboxylic acids is 2. The summed E-state index contributed by atoms with van der Waals surface area (Å²) in [6.45, 7) is 3.67. The lowest BCUT2D eigenvalue weighted by Gasteiger charge is -2.34. The predicted octanol–water partition coefficient (Wildman–Crippen LogP) is 3.97. The largest absolute Gasteiger partial charge is 0.515 e. The lowest BCUT2D eigenvalue weighted by Crippen LogP contribution is -2.35. The Morgan fingerprint density at radius 2 is 1.71 bits per heavy atom. The minimum absolute atomic E-state index is 0.0182. The maximum absolute atomic E-state index is 13.2. The van der Waals surface area contributed by atoms with Crippen molar-refractivity contribution in [3.8, 4) is 17.2 Å². The summed E-state index contributed by atoms with van der Waals surface area (Å²) in [6.07, 6.45) is 0.709. The molecule has 0 fully saturated rings. The van der Waals surface area contributed by atoms with E-state index in [1.165, 1.54) is 14.2 Å². The molecule has 3 rings (SSSR count). The maximum Gasteiger partial charge on any atom is 0.314 e. The minimum Gasteiger partial charge on any atom is -0.515 e. The third kappa shape index (κ3) is 3.83. The Bertz CT molecular complexity index is 1040. The molecule has 1 N–H and O–H groups in total. The first-order valence-corrected chi connectivity index (χ1v) is 9.87. The lowest BCUT2D eigenvalue weighted by atomic mass is 9.68. The quantitative estimate of drug-likeness (QED) is 0.425. The van der Waals surface area contributed by atoms with Gasteiger partial charge in [-0.15, -0.1) is 0 Å². The number of ether oxygens (including phenoxy) is 4. The van der Waals surface area contributed by atoms with Gasteiger partial charge in [-0.1, -0.05) is 6.07 Å². The van der Waals surface area contributed by atoms with Crippen LogP contribution in [-0.2, 0) is 9.53 Å². The van der Waals surface area contributed by atoms with E-state index in [2.05, 4.69) is 0 Å². The Morgan fingerprint density at radius 3 is 2.29 bits per heavy atom. The fourth-order valence-electron chi connectivity index (χ4n) is 4.09. The van der Waals surface area contributed by atoms with Crippen LogP contribution in [0.4, 0.5) is 0 Å². The van der Waals surface area contributed by atoms with Crippen LogP contribution in [0.1, 0.15) is 39.9 Å². The number of aliphatic hydroxyl groups is 1. The van der Waals surface area contributed by atoms with Crippen molar-refractivity contribution < 1.29 is 33.6 Å². The Labute approximate surface area is 181 Å². The zero-order valence-electron chi connectivity index (χ0n) is 18.2. The number of carbonyl (C=O) groups is 2. The standard InChI is InChI=1S/C24H26O7/c1-6-31-24(27)22-17(12-25)23(26)16-9-13(2)19(29-4)11-15(16)21(22)14-7-8-18(28-3)20(10-14)30-5/h7-12,21-22,25H,6H2,1-5H3/b17-12+/t21-,22-/m1/s1. The molecule has 164 valence electrons. The number of esters is 1. The summed E-state index contributed by atoms with van der Waals surface area (Å²) in [5.74, 6) is -1.05. The van der Waals surface area contributed by atoms with E-state index in [9.17, 15) is 14.7 Å². The van der Waals surface area contributed by atoms with Gasteiger partial charge in [0.05, 0.1) is 40.1 Å². The van der Waals surface area contributed by atoms with Crippen LogP contribution in [0.25, 0.3) is 0 Å². The van der Waals surface area contributed by atoms with Crippen molar-refractivity contribution >= 4 is 11.8 Å². The fourth-order valence-corrected chi connectivity index (χ4v) is 4.09. The van der Waals surface area contributed by atoms with E-state index < -0.39 is 23.6 Å². The van der Waals surface area contributed by atoms with Crippen molar-refractivity contribution in [3.63, 3.8) is 0 Å². The normalized spacial score (nSPS) is 19.0. The van der Waals surface area contributed by atoms with Gasteiger partial charge >= 0.3 is 5.97 Å². The molecule has 7 heteroatoms. The minimum atomic E-state index is -1.03. The first kappa shape index (κ1) is 22.2. The van der Waals surface area contributed by atoms with Crippen molar-refractivity contribution in [1.29, 1.82) is 0 Å². The van der Waals surface area contributed by atoms with E-state index in [4.69, 9.17) is 18.9 Å². The molecule has 0 bridgehead atoms. The SMILES string of the molecule is CCOC(=O)[C@@H]1/C(=C\O)C(=O)c2cc(C)c(OC)cc2[C@H]1c1ccc(OC)c(OC)c1. The van der Waals surface area contributed by atoms with Crippen LogP contribution in [-0.4, -0.2) is 44.8 Å². The Hall–Kier alpha value is -3.48. The molecule has 0 spiro atoms. The zero-order valence-corrected chi connectivity index (χ0v) is 18.2. The number of aliphatic hydroxyl groups excluding tert-OH is 1. The van der Waals surface area contributed by atoms with E-state index in [-0.39, 0.29) is 12.2 Å². The molecule has 1 aliphatic carbocycles. The summed E-state index contributed by atoms with van der Waals surface area (Å²) in [5, 5.41) is 9.93. The van der Waals surface area contributed by atoms with Crippen LogP contribution in [0.3, 0.4) is 0 Å². The molecular formula is C24H26O7. The van der Waals surface area contributed by atoms with Gasteiger partial charge in [0.1, 0.15) is 5.75 Å². The Kier molecular flexibility index (Phi) is 6.53. The van der Waals surface area contributed by atoms with Gasteiger partial charge in [0.15, 0.2) is 17.3 Å². The summed E-state index contributed by atoms with van der Waals surface area (Å²) in [5.41, 5.74) is 2.47. The van der Waals surface area contributed by atoms with Crippen molar-refractivity contribution in [2.24, 2.45) is 5.92 Å². The molecule has 2 atom stereocenters. The van der Waals surface area contributed by atoms with Gasteiger partial charge in [0, 0.05) is 17.1 Å². The molecule has 7 nitrogen and oxygen atoms in total. The summed E-state index contributed by atoms with van der Waals surface area (Å²) >= 11 is 0. The van der Waals surface area contributed by atoms with Crippen LogP contribution >= 0.6 is 0 Å². The number of fused-ring (bicyclic) bond motifs is 1. The molecule has 2 aromatic rings. The van der Waals surface area contributed by atoms with Gasteiger partial charge in [-0.05, 0) is 54.8 Å². The molecule has 0 unspecified atom stereocenters. The van der Waals surface area contributed by atoms with Crippen LogP contribution in [0, 0.1) is 12.8 Å². The molecule has 2 aromatic carbocycles. The predicted molar refractivity (Wildman–Crippen MR) is 114 cm³/mol. The van der Waals surface area contributed by atoms with Crippen molar-refractivity contribution in [2.75, 3.05) is 27.9 Å². The van der Waals surface area contributed by atoms with Crippen LogP contribution < -0.4 is 14.2 Å². The number of methoxy groups -OCH3 is 3. The first-order valence-electron chi connectivity index (χ1n) is 9.87. The molecule has 0 radical (unpaired) electrons. The summed E-state index contributed by atoms with van der Waals surface area (Å²) in [4.78, 5) is 26.2. The van der Waals surface area contributed by atoms with Crippen LogP contribution in [0.15, 0.2) is 42.2 Å². The van der Waals surface area contributed by atoms with Gasteiger partial charge in [0.25, 0.3) is 0 Å². The molecule has 0 saturated carbocycles. The third-order valence-electron chi connectivity index (χ3n) is 5.52. The Balaban J connectivity index is 2.33. The van der Waals surface area contributed by atoms with Gasteiger partial charge < -0.3 is 24.1 Å². The topological polar surface area (TPSA) is 91.3 Å². The van der Waals surface area contributed by atoms with Crippen molar-refractivity contribution in [3.05, 3.63) is 64.4 Å². The second kappa shape index (κ2) is 9.12. The van der Waals surface area contributed by atoms with E-state index in [0.717, 1.165) is 5.56 Å². The summed E-state index contributed by atoms with van der Waals surface area (Å²) in [6, 6.07) is 8.79. The average molecular weight is 426 g/mol. The molecule has 0 aliphatic heterocycles. The maximum atomic E-state index is 13.2. The van der Waals surface area contributed by atoms with Crippen LogP contribution in [0.2, 0.25) is 0 Å². The zero-order chi connectivity index (χ0) is 22.7. The Morgan fingerprint density at radius 1 is 1.03 bits per heavy atom. The summed E-state index contributed by atoms with van der Waals surface area (Å²) in [7, 11) is 4.61. The highest BCUT2D eigenvalue weighted by Crippen LogP contribution is 2.47. The first-order chi connectivity index (χ1) is 14.9. The van der Waals surface area contributed by atoms with Gasteiger partial charge in [-0.3, -0.25) is 9.59 Å². The fraction of sp³-hybridized carbons (Fsp3) is 0.333. The highest BCUT2D eigenvalue weighted by molar-refractivity contribution is 6.14. The monoisotopic (exact) mass is 426 g/mol. The van der Waals surface area contributed by atoms with E-state index in [0.29, 0.717) is 40.2 Å². The van der Waals surface area contributed by atoms with Gasteiger partial charge in [0.2, 0.25) is 0 Å². The lowest BCUT2D eigenvalue weighted by molar-refractivity contribution is -0.147.